The molecule has 0 saturated heterocycles. The first-order chi connectivity index (χ1) is 17.5. The van der Waals surface area contributed by atoms with Crippen LogP contribution in [0, 0.1) is 50.2 Å². The number of rotatable bonds is 3. The molecule has 9 unspecified atom stereocenters. The fraction of sp³-hybridized carbons (Fsp3) is 0.844. The van der Waals surface area contributed by atoms with Gasteiger partial charge in [0.05, 0.1) is 5.41 Å². The lowest BCUT2D eigenvalue weighted by atomic mass is 9.33. The monoisotopic (exact) mass is 528 g/mol. The number of ether oxygens (including phenoxy) is 1. The standard InChI is InChI=1S/C32H48O6/c1-19(33)38-24-11-12-29(5)22-9-8-20-21-18-27(2,3)14-15-28(21,4)16-17-32(20,26(36)37)30(22,6)13-10-23(29)31(24,7)25(34)35/h8,21-24H,9-18H2,1-7H3,(H,34,35)(H,36,37). The third-order valence-corrected chi connectivity index (χ3v) is 13.2. The molecule has 2 N–H and O–H groups in total. The molecule has 0 amide bonds. The van der Waals surface area contributed by atoms with Crippen LogP contribution in [0.2, 0.25) is 0 Å². The van der Waals surface area contributed by atoms with E-state index in [1.54, 1.807) is 6.92 Å². The predicted octanol–water partition coefficient (Wildman–Crippen LogP) is 6.87. The van der Waals surface area contributed by atoms with E-state index < -0.39 is 40.3 Å². The Morgan fingerprint density at radius 3 is 2.11 bits per heavy atom. The summed E-state index contributed by atoms with van der Waals surface area (Å²) in [6, 6.07) is 0. The summed E-state index contributed by atoms with van der Waals surface area (Å²) < 4.78 is 5.63. The number of fused-ring (bicyclic) bond motifs is 7. The summed E-state index contributed by atoms with van der Waals surface area (Å²) >= 11 is 0. The van der Waals surface area contributed by atoms with E-state index in [4.69, 9.17) is 4.74 Å². The zero-order valence-electron chi connectivity index (χ0n) is 24.5. The number of aliphatic carboxylic acids is 2. The Balaban J connectivity index is 1.62. The van der Waals surface area contributed by atoms with E-state index in [1.807, 2.05) is 0 Å². The molecule has 0 radical (unpaired) electrons. The Hall–Kier alpha value is -1.85. The van der Waals surface area contributed by atoms with E-state index in [2.05, 4.69) is 40.7 Å². The van der Waals surface area contributed by atoms with Gasteiger partial charge in [-0.15, -0.1) is 0 Å². The van der Waals surface area contributed by atoms with Crippen molar-refractivity contribution in [3.05, 3.63) is 11.6 Å². The molecular weight excluding hydrogens is 480 g/mol. The van der Waals surface area contributed by atoms with Gasteiger partial charge in [-0.1, -0.05) is 46.3 Å². The molecule has 38 heavy (non-hydrogen) atoms. The number of allylic oxidation sites excluding steroid dienone is 1. The third-order valence-electron chi connectivity index (χ3n) is 13.2. The molecular formula is C32H48O6. The molecule has 0 spiro atoms. The zero-order chi connectivity index (χ0) is 28.1. The second-order valence-corrected chi connectivity index (χ2v) is 15.5. The van der Waals surface area contributed by atoms with E-state index in [-0.39, 0.29) is 34.0 Å². The Kier molecular flexibility index (Phi) is 6.07. The van der Waals surface area contributed by atoms with Gasteiger partial charge in [-0.2, -0.15) is 0 Å². The van der Waals surface area contributed by atoms with Gasteiger partial charge in [-0.3, -0.25) is 14.4 Å². The van der Waals surface area contributed by atoms with Crippen LogP contribution in [0.1, 0.15) is 113 Å². The topological polar surface area (TPSA) is 101 Å². The summed E-state index contributed by atoms with van der Waals surface area (Å²) in [5.74, 6) is -1.89. The lowest BCUT2D eigenvalue weighted by molar-refractivity contribution is -0.227. The van der Waals surface area contributed by atoms with Gasteiger partial charge in [0.25, 0.3) is 0 Å². The van der Waals surface area contributed by atoms with E-state index in [1.165, 1.54) is 18.9 Å². The highest BCUT2D eigenvalue weighted by atomic mass is 16.5. The van der Waals surface area contributed by atoms with Crippen molar-refractivity contribution in [2.24, 2.45) is 50.2 Å². The van der Waals surface area contributed by atoms with Crippen LogP contribution in [0.5, 0.6) is 0 Å². The average Bonchev–Trinajstić information content (AvgIpc) is 2.80. The second kappa shape index (κ2) is 8.33. The van der Waals surface area contributed by atoms with Gasteiger partial charge in [0, 0.05) is 6.92 Å². The molecule has 0 bridgehead atoms. The molecule has 5 rings (SSSR count). The van der Waals surface area contributed by atoms with Gasteiger partial charge in [0.2, 0.25) is 0 Å². The fourth-order valence-electron chi connectivity index (χ4n) is 11.0. The van der Waals surface area contributed by atoms with Crippen LogP contribution in [-0.2, 0) is 19.1 Å². The van der Waals surface area contributed by atoms with E-state index in [0.717, 1.165) is 32.1 Å². The number of hydrogen-bond acceptors (Lipinski definition) is 4. The van der Waals surface area contributed by atoms with Gasteiger partial charge in [-0.05, 0) is 111 Å². The Morgan fingerprint density at radius 1 is 0.842 bits per heavy atom. The van der Waals surface area contributed by atoms with Crippen molar-refractivity contribution in [3.8, 4) is 0 Å². The SMILES string of the molecule is CC(=O)OC1CCC2(C)C(CCC3(C)C2CC=C2C4CC(C)(C)CCC4(C)CCC23C(=O)O)C1(C)C(=O)O. The van der Waals surface area contributed by atoms with Crippen LogP contribution in [-0.4, -0.2) is 34.2 Å². The normalized spacial score (nSPS) is 49.3. The minimum absolute atomic E-state index is 0.0616. The predicted molar refractivity (Wildman–Crippen MR) is 144 cm³/mol. The molecule has 0 heterocycles. The molecule has 6 nitrogen and oxygen atoms in total. The van der Waals surface area contributed by atoms with Crippen molar-refractivity contribution < 1.29 is 29.3 Å². The molecule has 0 aliphatic heterocycles. The molecule has 6 heteroatoms. The maximum atomic E-state index is 13.6. The average molecular weight is 529 g/mol. The molecule has 0 aromatic carbocycles. The summed E-state index contributed by atoms with van der Waals surface area (Å²) in [5, 5.41) is 21.7. The molecule has 9 atom stereocenters. The minimum atomic E-state index is -1.20. The van der Waals surface area contributed by atoms with Crippen LogP contribution >= 0.6 is 0 Å². The fourth-order valence-corrected chi connectivity index (χ4v) is 11.0. The molecule has 5 aliphatic rings. The van der Waals surface area contributed by atoms with Crippen molar-refractivity contribution in [3.63, 3.8) is 0 Å². The molecule has 0 aromatic heterocycles. The second-order valence-electron chi connectivity index (χ2n) is 15.5. The van der Waals surface area contributed by atoms with Crippen LogP contribution in [0.15, 0.2) is 11.6 Å². The van der Waals surface area contributed by atoms with Crippen LogP contribution in [0.25, 0.3) is 0 Å². The van der Waals surface area contributed by atoms with Crippen molar-refractivity contribution in [2.75, 3.05) is 0 Å². The summed E-state index contributed by atoms with van der Waals surface area (Å²) in [6.45, 7) is 14.6. The van der Waals surface area contributed by atoms with E-state index in [9.17, 15) is 24.6 Å². The smallest absolute Gasteiger partial charge is 0.314 e. The minimum Gasteiger partial charge on any atom is -0.481 e. The van der Waals surface area contributed by atoms with Gasteiger partial charge >= 0.3 is 17.9 Å². The molecule has 4 fully saturated rings. The number of carboxylic acids is 2. The first-order valence-electron chi connectivity index (χ1n) is 14.8. The maximum absolute atomic E-state index is 13.6. The highest BCUT2D eigenvalue weighted by Gasteiger charge is 2.73. The molecule has 4 saturated carbocycles. The van der Waals surface area contributed by atoms with Crippen LogP contribution < -0.4 is 0 Å². The van der Waals surface area contributed by atoms with Crippen molar-refractivity contribution in [1.82, 2.24) is 0 Å². The summed E-state index contributed by atoms with van der Waals surface area (Å²) in [4.78, 5) is 38.4. The number of hydrogen-bond donors (Lipinski definition) is 2. The van der Waals surface area contributed by atoms with Crippen LogP contribution in [0.4, 0.5) is 0 Å². The zero-order valence-corrected chi connectivity index (χ0v) is 24.5. The van der Waals surface area contributed by atoms with Crippen molar-refractivity contribution in [1.29, 1.82) is 0 Å². The Bertz CT molecular complexity index is 1090. The van der Waals surface area contributed by atoms with Crippen molar-refractivity contribution >= 4 is 17.9 Å². The number of esters is 1. The quantitative estimate of drug-likeness (QED) is 0.306. The first kappa shape index (κ1) is 27.7. The first-order valence-corrected chi connectivity index (χ1v) is 14.8. The lowest BCUT2D eigenvalue weighted by Gasteiger charge is -2.70. The third kappa shape index (κ3) is 3.39. The molecule has 212 valence electrons. The largest absolute Gasteiger partial charge is 0.481 e. The highest BCUT2D eigenvalue weighted by molar-refractivity contribution is 5.82. The summed E-state index contributed by atoms with van der Waals surface area (Å²) in [7, 11) is 0. The van der Waals surface area contributed by atoms with Gasteiger partial charge < -0.3 is 14.9 Å². The van der Waals surface area contributed by atoms with Gasteiger partial charge in [0.1, 0.15) is 11.5 Å². The van der Waals surface area contributed by atoms with E-state index in [0.29, 0.717) is 25.7 Å². The lowest BCUT2D eigenvalue weighted by Crippen LogP contribution is -2.68. The maximum Gasteiger partial charge on any atom is 0.314 e. The van der Waals surface area contributed by atoms with Crippen LogP contribution in [0.3, 0.4) is 0 Å². The summed E-state index contributed by atoms with van der Waals surface area (Å²) in [6.07, 6.45) is 9.97. The number of carbonyl (C=O) groups excluding carboxylic acids is 1. The van der Waals surface area contributed by atoms with Gasteiger partial charge in [0.15, 0.2) is 0 Å². The number of carbonyl (C=O) groups is 3. The van der Waals surface area contributed by atoms with Gasteiger partial charge in [-0.25, -0.2) is 0 Å². The van der Waals surface area contributed by atoms with E-state index >= 15 is 0 Å². The van der Waals surface area contributed by atoms with Crippen molar-refractivity contribution in [2.45, 2.75) is 119 Å². The highest BCUT2D eigenvalue weighted by Crippen LogP contribution is 2.76. The Labute approximate surface area is 228 Å². The summed E-state index contributed by atoms with van der Waals surface area (Å²) in [5.41, 5.74) is -1.38. The molecule has 5 aliphatic carbocycles. The number of carboxylic acid groups (broad SMARTS) is 2. The Morgan fingerprint density at radius 2 is 1.50 bits per heavy atom. The molecule has 0 aromatic rings.